The van der Waals surface area contributed by atoms with Gasteiger partial charge in [0.05, 0.1) is 16.9 Å². The van der Waals surface area contributed by atoms with Gasteiger partial charge in [0.1, 0.15) is 0 Å². The fourth-order valence-corrected chi connectivity index (χ4v) is 5.19. The average molecular weight is 442 g/mol. The molecule has 3 rings (SSSR count). The third kappa shape index (κ3) is 3.22. The van der Waals surface area contributed by atoms with Crippen molar-refractivity contribution < 1.29 is 23.7 Å². The van der Waals surface area contributed by atoms with Gasteiger partial charge in [-0.25, -0.2) is 0 Å². The van der Waals surface area contributed by atoms with Gasteiger partial charge in [-0.15, -0.1) is 0 Å². The van der Waals surface area contributed by atoms with E-state index in [1.54, 1.807) is 32.0 Å². The molecule has 0 amide bonds. The first kappa shape index (κ1) is 19.5. The van der Waals surface area contributed by atoms with Crippen LogP contribution in [0.15, 0.2) is 33.4 Å². The molecular formula is C18H21BrNO5P. The summed E-state index contributed by atoms with van der Waals surface area (Å²) in [6, 6.07) is 4.96. The zero-order valence-electron chi connectivity index (χ0n) is 14.6. The van der Waals surface area contributed by atoms with Crippen molar-refractivity contribution in [1.29, 1.82) is 0 Å². The lowest BCUT2D eigenvalue weighted by Crippen LogP contribution is -2.27. The van der Waals surface area contributed by atoms with Crippen molar-refractivity contribution in [2.45, 2.75) is 50.6 Å². The second kappa shape index (κ2) is 7.04. The first-order valence-electron chi connectivity index (χ1n) is 8.60. The van der Waals surface area contributed by atoms with E-state index < -0.39 is 12.8 Å². The van der Waals surface area contributed by atoms with Crippen molar-refractivity contribution in [3.8, 4) is 0 Å². The predicted octanol–water partition coefficient (Wildman–Crippen LogP) is 4.74. The first-order chi connectivity index (χ1) is 12.2. The molecule has 0 bridgehead atoms. The molecular weight excluding hydrogens is 421 g/mol. The fourth-order valence-electron chi connectivity index (χ4n) is 3.50. The van der Waals surface area contributed by atoms with Crippen LogP contribution in [0.1, 0.15) is 72.7 Å². The number of ketones is 1. The normalized spacial score (nSPS) is 15.3. The minimum absolute atomic E-state index is 0.208. The Labute approximate surface area is 160 Å². The van der Waals surface area contributed by atoms with Crippen LogP contribution in [0.5, 0.6) is 0 Å². The van der Waals surface area contributed by atoms with Gasteiger partial charge in [0.2, 0.25) is 0 Å². The van der Waals surface area contributed by atoms with Gasteiger partial charge in [0.15, 0.2) is 11.5 Å². The number of rotatable bonds is 7. The van der Waals surface area contributed by atoms with Crippen molar-refractivity contribution in [2.75, 3.05) is 0 Å². The molecule has 2 aromatic rings. The van der Waals surface area contributed by atoms with Crippen LogP contribution in [0.25, 0.3) is 0 Å². The van der Waals surface area contributed by atoms with Crippen LogP contribution >= 0.6 is 23.5 Å². The standard InChI is InChI=1S/C18H21BrNO5P/c1-3-18(4-2,26(22,23)24)15-9-12(19)7-8-13(15)16(21)14-10-20-25-17(14)11-5-6-11/h7-11H,3-6H2,1-2H3,(H2,22,23,24). The highest BCUT2D eigenvalue weighted by Crippen LogP contribution is 2.62. The summed E-state index contributed by atoms with van der Waals surface area (Å²) in [5.74, 6) is 0.466. The van der Waals surface area contributed by atoms with Crippen LogP contribution < -0.4 is 0 Å². The molecule has 0 atom stereocenters. The molecule has 0 aliphatic heterocycles. The third-order valence-corrected chi connectivity index (χ3v) is 7.73. The van der Waals surface area contributed by atoms with Crippen molar-refractivity contribution in [2.24, 2.45) is 0 Å². The van der Waals surface area contributed by atoms with E-state index in [0.717, 1.165) is 12.8 Å². The first-order valence-corrected chi connectivity index (χ1v) is 11.0. The van der Waals surface area contributed by atoms with Gasteiger partial charge in [0, 0.05) is 16.0 Å². The zero-order chi connectivity index (χ0) is 19.1. The minimum Gasteiger partial charge on any atom is -0.360 e. The predicted molar refractivity (Wildman–Crippen MR) is 100 cm³/mol. The summed E-state index contributed by atoms with van der Waals surface area (Å²) < 4.78 is 18.3. The number of aromatic nitrogens is 1. The molecule has 0 spiro atoms. The van der Waals surface area contributed by atoms with Crippen molar-refractivity contribution in [3.63, 3.8) is 0 Å². The Balaban J connectivity index is 2.19. The summed E-state index contributed by atoms with van der Waals surface area (Å²) >= 11 is 3.36. The number of carbonyl (C=O) groups excluding carboxylic acids is 1. The lowest BCUT2D eigenvalue weighted by atomic mass is 9.86. The van der Waals surface area contributed by atoms with Gasteiger partial charge in [0.25, 0.3) is 0 Å². The number of carbonyl (C=O) groups is 1. The maximum Gasteiger partial charge on any atom is 0.335 e. The minimum atomic E-state index is -4.52. The van der Waals surface area contributed by atoms with Gasteiger partial charge < -0.3 is 14.3 Å². The largest absolute Gasteiger partial charge is 0.360 e. The number of nitrogens with zero attached hydrogens (tertiary/aromatic N) is 1. The van der Waals surface area contributed by atoms with Crippen LogP contribution in [-0.4, -0.2) is 20.7 Å². The summed E-state index contributed by atoms with van der Waals surface area (Å²) in [4.78, 5) is 33.5. The van der Waals surface area contributed by atoms with Gasteiger partial charge in [-0.1, -0.05) is 34.9 Å². The molecule has 1 aliphatic rings. The zero-order valence-corrected chi connectivity index (χ0v) is 17.1. The highest BCUT2D eigenvalue weighted by Gasteiger charge is 2.47. The van der Waals surface area contributed by atoms with E-state index in [1.807, 2.05) is 0 Å². The van der Waals surface area contributed by atoms with E-state index in [1.165, 1.54) is 6.20 Å². The molecule has 2 N–H and O–H groups in total. The number of benzene rings is 1. The molecule has 6 nitrogen and oxygen atoms in total. The number of hydrogen-bond donors (Lipinski definition) is 2. The molecule has 0 saturated heterocycles. The summed E-state index contributed by atoms with van der Waals surface area (Å²) in [5.41, 5.74) is 1.02. The summed E-state index contributed by atoms with van der Waals surface area (Å²) in [7, 11) is -4.52. The highest BCUT2D eigenvalue weighted by molar-refractivity contribution is 9.10. The van der Waals surface area contributed by atoms with E-state index in [-0.39, 0.29) is 30.1 Å². The van der Waals surface area contributed by atoms with Crippen LogP contribution in [0.3, 0.4) is 0 Å². The van der Waals surface area contributed by atoms with Crippen molar-refractivity contribution in [1.82, 2.24) is 5.16 Å². The molecule has 1 saturated carbocycles. The summed E-state index contributed by atoms with van der Waals surface area (Å²) in [5, 5.41) is 2.35. The number of halogens is 1. The highest BCUT2D eigenvalue weighted by atomic mass is 79.9. The van der Waals surface area contributed by atoms with E-state index >= 15 is 0 Å². The maximum atomic E-state index is 13.2. The van der Waals surface area contributed by atoms with Crippen molar-refractivity contribution in [3.05, 3.63) is 51.3 Å². The Morgan fingerprint density at radius 1 is 1.31 bits per heavy atom. The Bertz CT molecular complexity index is 879. The van der Waals surface area contributed by atoms with Gasteiger partial charge in [-0.3, -0.25) is 9.36 Å². The SMILES string of the molecule is CCC(CC)(c1cc(Br)ccc1C(=O)c1cnoc1C1CC1)P(=O)(O)O. The molecule has 8 heteroatoms. The maximum absolute atomic E-state index is 13.2. The lowest BCUT2D eigenvalue weighted by molar-refractivity contribution is 0.103. The number of hydrogen-bond acceptors (Lipinski definition) is 4. The van der Waals surface area contributed by atoms with Crippen molar-refractivity contribution >= 4 is 29.3 Å². The summed E-state index contributed by atoms with van der Waals surface area (Å²) in [6.45, 7) is 3.46. The summed E-state index contributed by atoms with van der Waals surface area (Å²) in [6.07, 6.45) is 3.74. The Morgan fingerprint density at radius 3 is 2.50 bits per heavy atom. The van der Waals surface area contributed by atoms with Crippen LogP contribution in [0.4, 0.5) is 0 Å². The van der Waals surface area contributed by atoms with E-state index in [0.29, 0.717) is 21.4 Å². The second-order valence-electron chi connectivity index (χ2n) is 6.68. The van der Waals surface area contributed by atoms with Gasteiger partial charge in [-0.2, -0.15) is 0 Å². The molecule has 140 valence electrons. The fraction of sp³-hybridized carbons (Fsp3) is 0.444. The molecule has 1 fully saturated rings. The Morgan fingerprint density at radius 2 is 1.96 bits per heavy atom. The lowest BCUT2D eigenvalue weighted by Gasteiger charge is -2.34. The molecule has 0 unspecified atom stereocenters. The second-order valence-corrected chi connectivity index (χ2v) is 9.54. The molecule has 1 aliphatic carbocycles. The average Bonchev–Trinajstić information content (AvgIpc) is 3.31. The quantitative estimate of drug-likeness (QED) is 0.475. The smallest absolute Gasteiger partial charge is 0.335 e. The molecule has 1 heterocycles. The van der Waals surface area contributed by atoms with E-state index in [4.69, 9.17) is 4.52 Å². The molecule has 1 aromatic heterocycles. The van der Waals surface area contributed by atoms with E-state index in [2.05, 4.69) is 21.1 Å². The molecule has 0 radical (unpaired) electrons. The van der Waals surface area contributed by atoms with Crippen LogP contribution in [0, 0.1) is 0 Å². The molecule has 26 heavy (non-hydrogen) atoms. The van der Waals surface area contributed by atoms with E-state index in [9.17, 15) is 19.1 Å². The molecule has 1 aromatic carbocycles. The monoisotopic (exact) mass is 441 g/mol. The Kier molecular flexibility index (Phi) is 5.28. The van der Waals surface area contributed by atoms with Crippen LogP contribution in [0.2, 0.25) is 0 Å². The van der Waals surface area contributed by atoms with Gasteiger partial charge in [-0.05, 0) is 49.4 Å². The Hall–Kier alpha value is -1.27. The van der Waals surface area contributed by atoms with Crippen LogP contribution in [-0.2, 0) is 9.72 Å². The topological polar surface area (TPSA) is 101 Å². The third-order valence-electron chi connectivity index (χ3n) is 5.25. The van der Waals surface area contributed by atoms with Gasteiger partial charge >= 0.3 is 7.60 Å².